The van der Waals surface area contributed by atoms with Gasteiger partial charge in [-0.1, -0.05) is 42.5 Å². The molecule has 2 heterocycles. The number of furan rings is 1. The van der Waals surface area contributed by atoms with E-state index in [1.165, 1.54) is 0 Å². The van der Waals surface area contributed by atoms with Crippen LogP contribution < -0.4 is 4.74 Å². The van der Waals surface area contributed by atoms with Gasteiger partial charge >= 0.3 is 0 Å². The van der Waals surface area contributed by atoms with Crippen molar-refractivity contribution in [1.29, 1.82) is 0 Å². The number of nitrogens with zero attached hydrogens (tertiary/aromatic N) is 1. The van der Waals surface area contributed by atoms with Crippen LogP contribution in [0.25, 0.3) is 44.5 Å². The van der Waals surface area contributed by atoms with Crippen molar-refractivity contribution in [2.45, 2.75) is 6.92 Å². The number of hydrogen-bond acceptors (Lipinski definition) is 3. The quantitative estimate of drug-likeness (QED) is 0.364. The van der Waals surface area contributed by atoms with Gasteiger partial charge in [0, 0.05) is 12.3 Å². The molecule has 4 nitrogen and oxygen atoms in total. The Bertz CT molecular complexity index is 1340. The molecule has 0 aliphatic heterocycles. The van der Waals surface area contributed by atoms with Crippen LogP contribution in [0.4, 0.5) is 0 Å². The Hall–Kier alpha value is -3.79. The zero-order chi connectivity index (χ0) is 20.0. The summed E-state index contributed by atoms with van der Waals surface area (Å²) >= 11 is 0. The number of ether oxygens (including phenoxy) is 1. The van der Waals surface area contributed by atoms with Crippen LogP contribution in [0.1, 0.15) is 11.7 Å². The fraction of sp³-hybridized carbons (Fsp3) is 0.0800. The first-order valence-corrected chi connectivity index (χ1v) is 9.45. The van der Waals surface area contributed by atoms with Crippen LogP contribution in [0.2, 0.25) is 0 Å². The zero-order valence-corrected chi connectivity index (χ0v) is 16.2. The third-order valence-corrected chi connectivity index (χ3v) is 5.22. The molecule has 5 aromatic rings. The summed E-state index contributed by atoms with van der Waals surface area (Å²) in [5.74, 6) is 0.708. The van der Waals surface area contributed by atoms with E-state index >= 15 is 0 Å². The first-order chi connectivity index (χ1) is 14.2. The Morgan fingerprint density at radius 1 is 0.862 bits per heavy atom. The highest BCUT2D eigenvalue weighted by Crippen LogP contribution is 2.44. The molecule has 29 heavy (non-hydrogen) atoms. The Morgan fingerprint density at radius 2 is 1.55 bits per heavy atom. The van der Waals surface area contributed by atoms with Crippen molar-refractivity contribution in [3.05, 3.63) is 78.9 Å². The molecule has 0 saturated carbocycles. The van der Waals surface area contributed by atoms with Crippen LogP contribution >= 0.6 is 0 Å². The Kier molecular flexibility index (Phi) is 3.98. The summed E-state index contributed by atoms with van der Waals surface area (Å²) in [6, 6.07) is 25.6. The number of fused-ring (bicyclic) bond motifs is 3. The van der Waals surface area contributed by atoms with Crippen molar-refractivity contribution in [1.82, 2.24) is 4.57 Å². The number of carbonyl (C=O) groups excluding carboxylic acids is 1. The topological polar surface area (TPSA) is 44.4 Å². The monoisotopic (exact) mass is 381 g/mol. The van der Waals surface area contributed by atoms with Gasteiger partial charge in [-0.25, -0.2) is 0 Å². The van der Waals surface area contributed by atoms with Gasteiger partial charge in [-0.05, 0) is 47.5 Å². The number of methoxy groups -OCH3 is 1. The molecule has 0 atom stereocenters. The second-order valence-corrected chi connectivity index (χ2v) is 6.95. The van der Waals surface area contributed by atoms with Gasteiger partial charge in [0.1, 0.15) is 16.8 Å². The second kappa shape index (κ2) is 6.67. The van der Waals surface area contributed by atoms with E-state index in [0.29, 0.717) is 0 Å². The highest BCUT2D eigenvalue weighted by Gasteiger charge is 2.26. The molecule has 0 fully saturated rings. The molecule has 0 bridgehead atoms. The van der Waals surface area contributed by atoms with Crippen LogP contribution in [-0.2, 0) is 0 Å². The minimum atomic E-state index is -0.0606. The van der Waals surface area contributed by atoms with Gasteiger partial charge in [-0.15, -0.1) is 0 Å². The molecule has 0 unspecified atom stereocenters. The van der Waals surface area contributed by atoms with Crippen molar-refractivity contribution < 1.29 is 13.9 Å². The van der Waals surface area contributed by atoms with E-state index in [9.17, 15) is 4.79 Å². The SMILES string of the molecule is COc1ccc(-c2c(-c3ccccc3)c3oc4ccccc4c3n2C(C)=O)cc1. The number of aromatic nitrogens is 1. The van der Waals surface area contributed by atoms with Crippen molar-refractivity contribution in [2.24, 2.45) is 0 Å². The molecule has 2 aromatic heterocycles. The minimum absolute atomic E-state index is 0.0606. The minimum Gasteiger partial charge on any atom is -0.497 e. The molecule has 0 saturated heterocycles. The molecule has 0 amide bonds. The number of para-hydroxylation sites is 1. The first kappa shape index (κ1) is 17.3. The lowest BCUT2D eigenvalue weighted by Crippen LogP contribution is -2.07. The van der Waals surface area contributed by atoms with E-state index in [2.05, 4.69) is 0 Å². The van der Waals surface area contributed by atoms with Crippen LogP contribution in [0.15, 0.2) is 83.3 Å². The van der Waals surface area contributed by atoms with Gasteiger partial charge in [0.25, 0.3) is 0 Å². The molecule has 0 aliphatic carbocycles. The first-order valence-electron chi connectivity index (χ1n) is 9.45. The van der Waals surface area contributed by atoms with Crippen molar-refractivity contribution >= 4 is 28.0 Å². The third kappa shape index (κ3) is 2.64. The average molecular weight is 381 g/mol. The molecule has 0 spiro atoms. The maximum Gasteiger partial charge on any atom is 0.228 e. The molecule has 142 valence electrons. The summed E-state index contributed by atoms with van der Waals surface area (Å²) in [6.07, 6.45) is 0. The summed E-state index contributed by atoms with van der Waals surface area (Å²) < 4.78 is 13.4. The van der Waals surface area contributed by atoms with Gasteiger partial charge in [-0.3, -0.25) is 9.36 Å². The molecule has 5 rings (SSSR count). The van der Waals surface area contributed by atoms with Gasteiger partial charge in [0.2, 0.25) is 5.91 Å². The van der Waals surface area contributed by atoms with E-state index < -0.39 is 0 Å². The van der Waals surface area contributed by atoms with Gasteiger partial charge in [-0.2, -0.15) is 0 Å². The summed E-state index contributed by atoms with van der Waals surface area (Å²) in [7, 11) is 1.64. The average Bonchev–Trinajstić information content (AvgIpc) is 3.28. The van der Waals surface area contributed by atoms with E-state index in [1.807, 2.05) is 78.9 Å². The lowest BCUT2D eigenvalue weighted by Gasteiger charge is -2.11. The maximum atomic E-state index is 12.9. The summed E-state index contributed by atoms with van der Waals surface area (Å²) in [5.41, 5.74) is 5.96. The lowest BCUT2D eigenvalue weighted by atomic mass is 10.0. The standard InChI is InChI=1S/C25H19NO3/c1-16(27)26-23(18-12-14-19(28-2)15-13-18)22(17-8-4-3-5-9-17)25-24(26)20-10-6-7-11-21(20)29-25/h3-15H,1-2H3. The van der Waals surface area contributed by atoms with Crippen LogP contribution in [0.5, 0.6) is 5.75 Å². The highest BCUT2D eigenvalue weighted by atomic mass is 16.5. The van der Waals surface area contributed by atoms with E-state index in [4.69, 9.17) is 9.15 Å². The van der Waals surface area contributed by atoms with E-state index in [0.717, 1.165) is 50.2 Å². The van der Waals surface area contributed by atoms with Crippen molar-refractivity contribution in [3.63, 3.8) is 0 Å². The number of hydrogen-bond donors (Lipinski definition) is 0. The Balaban J connectivity index is 1.96. The van der Waals surface area contributed by atoms with Crippen LogP contribution in [0.3, 0.4) is 0 Å². The third-order valence-electron chi connectivity index (χ3n) is 5.22. The van der Waals surface area contributed by atoms with Gasteiger partial charge < -0.3 is 9.15 Å². The molecular formula is C25H19NO3. The molecule has 4 heteroatoms. The molecular weight excluding hydrogens is 362 g/mol. The van der Waals surface area contributed by atoms with Crippen molar-refractivity contribution in [3.8, 4) is 28.1 Å². The fourth-order valence-electron chi connectivity index (χ4n) is 3.96. The summed E-state index contributed by atoms with van der Waals surface area (Å²) in [5, 5.41) is 0.926. The summed E-state index contributed by atoms with van der Waals surface area (Å²) in [4.78, 5) is 12.9. The smallest absolute Gasteiger partial charge is 0.228 e. The predicted octanol–water partition coefficient (Wildman–Crippen LogP) is 6.39. The normalized spacial score (nSPS) is 11.2. The maximum absolute atomic E-state index is 12.9. The number of rotatable bonds is 3. The Labute approximate surface area is 167 Å². The summed E-state index contributed by atoms with van der Waals surface area (Å²) in [6.45, 7) is 1.59. The van der Waals surface area contributed by atoms with Crippen molar-refractivity contribution in [2.75, 3.05) is 7.11 Å². The predicted molar refractivity (Wildman–Crippen MR) is 115 cm³/mol. The molecule has 3 aromatic carbocycles. The van der Waals surface area contributed by atoms with E-state index in [1.54, 1.807) is 18.6 Å². The van der Waals surface area contributed by atoms with Gasteiger partial charge in [0.15, 0.2) is 5.58 Å². The fourth-order valence-corrected chi connectivity index (χ4v) is 3.96. The van der Waals surface area contributed by atoms with Crippen LogP contribution in [-0.4, -0.2) is 17.6 Å². The van der Waals surface area contributed by atoms with Gasteiger partial charge in [0.05, 0.1) is 18.4 Å². The van der Waals surface area contributed by atoms with E-state index in [-0.39, 0.29) is 5.91 Å². The Morgan fingerprint density at radius 3 is 2.24 bits per heavy atom. The second-order valence-electron chi connectivity index (χ2n) is 6.95. The van der Waals surface area contributed by atoms with Crippen LogP contribution in [0, 0.1) is 0 Å². The number of benzene rings is 3. The molecule has 0 N–H and O–H groups in total. The largest absolute Gasteiger partial charge is 0.497 e. The highest BCUT2D eigenvalue weighted by molar-refractivity contribution is 6.16. The lowest BCUT2D eigenvalue weighted by molar-refractivity contribution is 0.0943. The zero-order valence-electron chi connectivity index (χ0n) is 16.2. The molecule has 0 radical (unpaired) electrons. The number of carbonyl (C=O) groups is 1. The molecule has 0 aliphatic rings.